The van der Waals surface area contributed by atoms with E-state index >= 15 is 0 Å². The summed E-state index contributed by atoms with van der Waals surface area (Å²) in [5, 5.41) is 15.2. The van der Waals surface area contributed by atoms with Crippen LogP contribution in [0.3, 0.4) is 0 Å². The molecular formula is C34H38N6O4. The van der Waals surface area contributed by atoms with Crippen LogP contribution in [0.15, 0.2) is 66.7 Å². The average Bonchev–Trinajstić information content (AvgIpc) is 3.06. The summed E-state index contributed by atoms with van der Waals surface area (Å²) < 4.78 is 5.21. The van der Waals surface area contributed by atoms with Crippen molar-refractivity contribution in [2.45, 2.75) is 44.2 Å². The van der Waals surface area contributed by atoms with Crippen molar-refractivity contribution in [2.75, 3.05) is 43.5 Å². The van der Waals surface area contributed by atoms with Crippen molar-refractivity contribution < 1.29 is 19.1 Å². The molecule has 0 radical (unpaired) electrons. The first kappa shape index (κ1) is 30.6. The van der Waals surface area contributed by atoms with Crippen LogP contribution < -0.4 is 26.0 Å². The summed E-state index contributed by atoms with van der Waals surface area (Å²) in [6.07, 6.45) is 3.75. The quantitative estimate of drug-likeness (QED) is 0.361. The van der Waals surface area contributed by atoms with Gasteiger partial charge in [0.15, 0.2) is 0 Å². The number of amides is 3. The number of anilines is 2. The number of nitrogens with one attached hydrogen (secondary N) is 2. The van der Waals surface area contributed by atoms with Gasteiger partial charge in [-0.15, -0.1) is 0 Å². The molecule has 0 spiro atoms. The molecule has 3 amide bonds. The lowest BCUT2D eigenvalue weighted by Gasteiger charge is -2.37. The molecule has 1 saturated carbocycles. The smallest absolute Gasteiger partial charge is 0.255 e. The summed E-state index contributed by atoms with van der Waals surface area (Å²) in [5.74, 6) is 0.265. The zero-order valence-electron chi connectivity index (χ0n) is 24.9. The molecule has 2 aliphatic rings. The Bertz CT molecular complexity index is 1520. The normalized spacial score (nSPS) is 18.2. The standard InChI is InChI=1S/C34H38N6O4/c1-44-29-13-4-23(5-14-29)20-32(41)40-18-16-39(17-19-40)31-15-8-26(34(43)37-28-11-9-27(36)10-12-28)21-30(31)38-33(42)25-6-2-24(22-35)3-7-25/h2-8,13-15,21,27-28H,9-12,16-20,36H2,1H3,(H,37,43)(H,38,42). The van der Waals surface area contributed by atoms with Crippen LogP contribution in [0.25, 0.3) is 0 Å². The minimum atomic E-state index is -0.345. The first-order chi connectivity index (χ1) is 21.3. The van der Waals surface area contributed by atoms with Crippen molar-refractivity contribution in [1.82, 2.24) is 10.2 Å². The van der Waals surface area contributed by atoms with Gasteiger partial charge in [0.2, 0.25) is 5.91 Å². The predicted molar refractivity (Wildman–Crippen MR) is 169 cm³/mol. The maximum absolute atomic E-state index is 13.2. The van der Waals surface area contributed by atoms with E-state index in [9.17, 15) is 14.4 Å². The first-order valence-corrected chi connectivity index (χ1v) is 15.0. The number of carbonyl (C=O) groups excluding carboxylic acids is 3. The summed E-state index contributed by atoms with van der Waals surface area (Å²) in [6, 6.07) is 21.5. The molecule has 0 aromatic heterocycles. The van der Waals surface area contributed by atoms with E-state index in [-0.39, 0.29) is 29.8 Å². The van der Waals surface area contributed by atoms with E-state index in [4.69, 9.17) is 15.7 Å². The van der Waals surface area contributed by atoms with Gasteiger partial charge in [-0.05, 0) is 85.8 Å². The Morgan fingerprint density at radius 3 is 2.18 bits per heavy atom. The number of nitrogens with two attached hydrogens (primary N) is 1. The molecule has 5 rings (SSSR count). The SMILES string of the molecule is COc1ccc(CC(=O)N2CCN(c3ccc(C(=O)NC4CCC(N)CC4)cc3NC(=O)c3ccc(C#N)cc3)CC2)cc1. The van der Waals surface area contributed by atoms with E-state index in [2.05, 4.69) is 21.6 Å². The van der Waals surface area contributed by atoms with Crippen LogP contribution in [0.1, 0.15) is 57.5 Å². The van der Waals surface area contributed by atoms with Gasteiger partial charge in [0.1, 0.15) is 5.75 Å². The Balaban J connectivity index is 1.30. The van der Waals surface area contributed by atoms with Crippen LogP contribution in [-0.2, 0) is 11.2 Å². The lowest BCUT2D eigenvalue weighted by atomic mass is 9.91. The highest BCUT2D eigenvalue weighted by Gasteiger charge is 2.25. The van der Waals surface area contributed by atoms with Crippen LogP contribution in [0.2, 0.25) is 0 Å². The fourth-order valence-corrected chi connectivity index (χ4v) is 5.70. The Morgan fingerprint density at radius 1 is 0.886 bits per heavy atom. The van der Waals surface area contributed by atoms with Crippen molar-refractivity contribution in [3.63, 3.8) is 0 Å². The van der Waals surface area contributed by atoms with Gasteiger partial charge in [-0.1, -0.05) is 12.1 Å². The second-order valence-electron chi connectivity index (χ2n) is 11.4. The number of ether oxygens (including phenoxy) is 1. The molecular weight excluding hydrogens is 556 g/mol. The summed E-state index contributed by atoms with van der Waals surface area (Å²) in [7, 11) is 1.61. The number of hydrogen-bond acceptors (Lipinski definition) is 7. The van der Waals surface area contributed by atoms with Crippen LogP contribution in [0.5, 0.6) is 5.75 Å². The third kappa shape index (κ3) is 7.54. The number of hydrogen-bond donors (Lipinski definition) is 3. The molecule has 10 heteroatoms. The van der Waals surface area contributed by atoms with Gasteiger partial charge in [-0.3, -0.25) is 14.4 Å². The Kier molecular flexibility index (Phi) is 9.77. The highest BCUT2D eigenvalue weighted by Crippen LogP contribution is 2.30. The van der Waals surface area contributed by atoms with E-state index < -0.39 is 0 Å². The van der Waals surface area contributed by atoms with Crippen LogP contribution in [0.4, 0.5) is 11.4 Å². The number of carbonyl (C=O) groups is 3. The molecule has 3 aromatic carbocycles. The highest BCUT2D eigenvalue weighted by molar-refractivity contribution is 6.07. The molecule has 10 nitrogen and oxygen atoms in total. The molecule has 228 valence electrons. The number of nitrogens with zero attached hydrogens (tertiary/aromatic N) is 3. The molecule has 2 fully saturated rings. The lowest BCUT2D eigenvalue weighted by Crippen LogP contribution is -2.49. The lowest BCUT2D eigenvalue weighted by molar-refractivity contribution is -0.130. The zero-order valence-corrected chi connectivity index (χ0v) is 24.9. The van der Waals surface area contributed by atoms with Gasteiger partial charge >= 0.3 is 0 Å². The molecule has 1 aliphatic heterocycles. The summed E-state index contributed by atoms with van der Waals surface area (Å²) >= 11 is 0. The zero-order chi connectivity index (χ0) is 31.1. The number of piperazine rings is 1. The topological polar surface area (TPSA) is 141 Å². The minimum Gasteiger partial charge on any atom is -0.497 e. The molecule has 44 heavy (non-hydrogen) atoms. The number of rotatable bonds is 8. The molecule has 3 aromatic rings. The monoisotopic (exact) mass is 594 g/mol. The molecule has 1 aliphatic carbocycles. The van der Waals surface area contributed by atoms with Gasteiger partial charge in [0.25, 0.3) is 11.8 Å². The molecule has 4 N–H and O–H groups in total. The Morgan fingerprint density at radius 2 is 1.55 bits per heavy atom. The second-order valence-corrected chi connectivity index (χ2v) is 11.4. The van der Waals surface area contributed by atoms with E-state index in [0.29, 0.717) is 55.0 Å². The van der Waals surface area contributed by atoms with Gasteiger partial charge in [0, 0.05) is 49.4 Å². The van der Waals surface area contributed by atoms with Gasteiger partial charge < -0.3 is 30.9 Å². The summed E-state index contributed by atoms with van der Waals surface area (Å²) in [6.45, 7) is 2.21. The van der Waals surface area contributed by atoms with Crippen LogP contribution >= 0.6 is 0 Å². The molecule has 0 bridgehead atoms. The largest absolute Gasteiger partial charge is 0.497 e. The van der Waals surface area contributed by atoms with Crippen molar-refractivity contribution in [2.24, 2.45) is 5.73 Å². The minimum absolute atomic E-state index is 0.0554. The van der Waals surface area contributed by atoms with E-state index in [0.717, 1.165) is 42.7 Å². The Hall–Kier alpha value is -4.88. The maximum Gasteiger partial charge on any atom is 0.255 e. The molecule has 0 atom stereocenters. The van der Waals surface area contributed by atoms with Crippen molar-refractivity contribution >= 4 is 29.1 Å². The van der Waals surface area contributed by atoms with E-state index in [1.54, 1.807) is 43.5 Å². The second kappa shape index (κ2) is 14.1. The third-order valence-corrected chi connectivity index (χ3v) is 8.38. The van der Waals surface area contributed by atoms with Gasteiger partial charge in [0.05, 0.1) is 36.5 Å². The highest BCUT2D eigenvalue weighted by atomic mass is 16.5. The third-order valence-electron chi connectivity index (χ3n) is 8.38. The van der Waals surface area contributed by atoms with Crippen molar-refractivity contribution in [3.8, 4) is 11.8 Å². The van der Waals surface area contributed by atoms with Gasteiger partial charge in [-0.25, -0.2) is 0 Å². The fraction of sp³-hybridized carbons (Fsp3) is 0.353. The average molecular weight is 595 g/mol. The van der Waals surface area contributed by atoms with Gasteiger partial charge in [-0.2, -0.15) is 5.26 Å². The van der Waals surface area contributed by atoms with Crippen LogP contribution in [-0.4, -0.2) is 68.0 Å². The summed E-state index contributed by atoms with van der Waals surface area (Å²) in [5.41, 5.74) is 9.55. The predicted octanol–water partition coefficient (Wildman–Crippen LogP) is 3.71. The number of nitriles is 1. The molecule has 1 saturated heterocycles. The van der Waals surface area contributed by atoms with E-state index in [1.807, 2.05) is 35.2 Å². The molecule has 1 heterocycles. The van der Waals surface area contributed by atoms with E-state index in [1.165, 1.54) is 0 Å². The molecule has 0 unspecified atom stereocenters. The van der Waals surface area contributed by atoms with Crippen LogP contribution in [0, 0.1) is 11.3 Å². The van der Waals surface area contributed by atoms with Crippen molar-refractivity contribution in [3.05, 3.63) is 89.0 Å². The first-order valence-electron chi connectivity index (χ1n) is 15.0. The number of methoxy groups -OCH3 is 1. The maximum atomic E-state index is 13.2. The van der Waals surface area contributed by atoms with Crippen molar-refractivity contribution in [1.29, 1.82) is 5.26 Å². The Labute approximate surface area is 257 Å². The summed E-state index contributed by atoms with van der Waals surface area (Å²) in [4.78, 5) is 43.5. The fourth-order valence-electron chi connectivity index (χ4n) is 5.70. The number of benzene rings is 3.